The molecule has 3 heterocycles. The van der Waals surface area contributed by atoms with Gasteiger partial charge in [-0.3, -0.25) is 9.88 Å². The standard InChI is InChI=1S/C13H16N4S/c1-17(11-6-14-7-11)8-10-9-18-13(16-10)12-4-2-3-5-15-12/h2-5,9,11,14H,6-8H2,1H3. The zero-order valence-corrected chi connectivity index (χ0v) is 11.2. The van der Waals surface area contributed by atoms with Gasteiger partial charge in [-0.2, -0.15) is 0 Å². The van der Waals surface area contributed by atoms with Gasteiger partial charge in [-0.1, -0.05) is 6.07 Å². The Balaban J connectivity index is 1.69. The molecule has 0 aromatic carbocycles. The quantitative estimate of drug-likeness (QED) is 0.907. The Morgan fingerprint density at radius 2 is 2.33 bits per heavy atom. The van der Waals surface area contributed by atoms with Crippen LogP contribution in [0.15, 0.2) is 29.8 Å². The molecule has 18 heavy (non-hydrogen) atoms. The van der Waals surface area contributed by atoms with Crippen LogP contribution in [0.1, 0.15) is 5.69 Å². The van der Waals surface area contributed by atoms with E-state index in [1.165, 1.54) is 0 Å². The largest absolute Gasteiger partial charge is 0.314 e. The van der Waals surface area contributed by atoms with Crippen LogP contribution in [-0.4, -0.2) is 41.0 Å². The molecule has 2 aromatic rings. The molecule has 1 N–H and O–H groups in total. The molecule has 0 atom stereocenters. The van der Waals surface area contributed by atoms with Crippen molar-refractivity contribution in [1.82, 2.24) is 20.2 Å². The van der Waals surface area contributed by atoms with Gasteiger partial charge in [0.05, 0.1) is 11.4 Å². The minimum absolute atomic E-state index is 0.657. The smallest absolute Gasteiger partial charge is 0.142 e. The monoisotopic (exact) mass is 260 g/mol. The second kappa shape index (κ2) is 5.14. The van der Waals surface area contributed by atoms with Crippen LogP contribution in [0.25, 0.3) is 10.7 Å². The third-order valence-corrected chi connectivity index (χ3v) is 4.14. The van der Waals surface area contributed by atoms with Gasteiger partial charge in [0.25, 0.3) is 0 Å². The van der Waals surface area contributed by atoms with E-state index in [2.05, 4.69) is 32.6 Å². The van der Waals surface area contributed by atoms with Crippen molar-refractivity contribution in [1.29, 1.82) is 0 Å². The lowest BCUT2D eigenvalue weighted by molar-refractivity contribution is 0.171. The summed E-state index contributed by atoms with van der Waals surface area (Å²) in [5.41, 5.74) is 2.09. The summed E-state index contributed by atoms with van der Waals surface area (Å²) in [6, 6.07) is 6.58. The lowest BCUT2D eigenvalue weighted by Crippen LogP contribution is -2.55. The highest BCUT2D eigenvalue weighted by Gasteiger charge is 2.21. The molecule has 1 fully saturated rings. The molecule has 0 radical (unpaired) electrons. The second-order valence-corrected chi connectivity index (χ2v) is 5.44. The lowest BCUT2D eigenvalue weighted by atomic mass is 10.1. The molecular weight excluding hydrogens is 244 g/mol. The van der Waals surface area contributed by atoms with Crippen molar-refractivity contribution in [3.8, 4) is 10.7 Å². The van der Waals surface area contributed by atoms with E-state index in [0.29, 0.717) is 6.04 Å². The van der Waals surface area contributed by atoms with E-state index in [9.17, 15) is 0 Å². The van der Waals surface area contributed by atoms with Crippen molar-refractivity contribution in [2.24, 2.45) is 0 Å². The predicted octanol–water partition coefficient (Wildman–Crippen LogP) is 1.61. The minimum Gasteiger partial charge on any atom is -0.314 e. The van der Waals surface area contributed by atoms with E-state index in [1.54, 1.807) is 11.3 Å². The molecule has 0 unspecified atom stereocenters. The van der Waals surface area contributed by atoms with Crippen molar-refractivity contribution in [2.45, 2.75) is 12.6 Å². The van der Waals surface area contributed by atoms with Gasteiger partial charge in [0.1, 0.15) is 5.01 Å². The SMILES string of the molecule is CN(Cc1csc(-c2ccccn2)n1)C1CNC1. The Kier molecular flexibility index (Phi) is 3.36. The number of rotatable bonds is 4. The Hall–Kier alpha value is -1.30. The Morgan fingerprint density at radius 3 is 3.00 bits per heavy atom. The number of thiazole rings is 1. The number of pyridine rings is 1. The van der Waals surface area contributed by atoms with Gasteiger partial charge in [-0.25, -0.2) is 4.98 Å². The first-order valence-corrected chi connectivity index (χ1v) is 6.97. The molecular formula is C13H16N4S. The van der Waals surface area contributed by atoms with E-state index >= 15 is 0 Å². The van der Waals surface area contributed by atoms with E-state index in [0.717, 1.165) is 36.0 Å². The summed E-state index contributed by atoms with van der Waals surface area (Å²) in [5.74, 6) is 0. The van der Waals surface area contributed by atoms with Crippen LogP contribution in [0.2, 0.25) is 0 Å². The summed E-state index contributed by atoms with van der Waals surface area (Å²) in [4.78, 5) is 11.3. The Morgan fingerprint density at radius 1 is 1.44 bits per heavy atom. The number of nitrogens with one attached hydrogen (secondary N) is 1. The molecule has 94 valence electrons. The highest BCUT2D eigenvalue weighted by atomic mass is 32.1. The fourth-order valence-electron chi connectivity index (χ4n) is 1.96. The van der Waals surface area contributed by atoms with Gasteiger partial charge in [-0.05, 0) is 19.2 Å². The van der Waals surface area contributed by atoms with Gasteiger partial charge in [0.15, 0.2) is 0 Å². The molecule has 0 bridgehead atoms. The van der Waals surface area contributed by atoms with Gasteiger partial charge in [-0.15, -0.1) is 11.3 Å². The second-order valence-electron chi connectivity index (χ2n) is 4.59. The van der Waals surface area contributed by atoms with E-state index < -0.39 is 0 Å². The molecule has 3 rings (SSSR count). The number of likely N-dealkylation sites (N-methyl/N-ethyl adjacent to an activating group) is 1. The van der Waals surface area contributed by atoms with Gasteiger partial charge in [0.2, 0.25) is 0 Å². The number of hydrogen-bond donors (Lipinski definition) is 1. The maximum atomic E-state index is 4.66. The molecule has 1 aliphatic rings. The normalized spacial score (nSPS) is 15.9. The molecule has 2 aromatic heterocycles. The summed E-state index contributed by atoms with van der Waals surface area (Å²) in [5, 5.41) is 6.43. The topological polar surface area (TPSA) is 41.1 Å². The lowest BCUT2D eigenvalue weighted by Gasteiger charge is -2.35. The Bertz CT molecular complexity index is 507. The van der Waals surface area contributed by atoms with Gasteiger partial charge in [0, 0.05) is 37.3 Å². The molecule has 1 saturated heterocycles. The Labute approximate surface area is 111 Å². The maximum absolute atomic E-state index is 4.66. The first kappa shape index (κ1) is 11.8. The van der Waals surface area contributed by atoms with Crippen LogP contribution in [0.5, 0.6) is 0 Å². The molecule has 0 aliphatic carbocycles. The van der Waals surface area contributed by atoms with Crippen LogP contribution < -0.4 is 5.32 Å². The van der Waals surface area contributed by atoms with E-state index in [4.69, 9.17) is 0 Å². The number of aromatic nitrogens is 2. The van der Waals surface area contributed by atoms with Gasteiger partial charge < -0.3 is 5.32 Å². The first-order valence-electron chi connectivity index (χ1n) is 6.09. The summed E-state index contributed by atoms with van der Waals surface area (Å²) in [7, 11) is 2.16. The van der Waals surface area contributed by atoms with Crippen LogP contribution in [-0.2, 0) is 6.54 Å². The fraction of sp³-hybridized carbons (Fsp3) is 0.385. The molecule has 0 amide bonds. The highest BCUT2D eigenvalue weighted by Crippen LogP contribution is 2.22. The molecule has 1 aliphatic heterocycles. The summed E-state index contributed by atoms with van der Waals surface area (Å²) in [6.07, 6.45) is 1.81. The van der Waals surface area contributed by atoms with Crippen LogP contribution in [0.3, 0.4) is 0 Å². The van der Waals surface area contributed by atoms with Crippen LogP contribution in [0, 0.1) is 0 Å². The van der Waals surface area contributed by atoms with Crippen LogP contribution >= 0.6 is 11.3 Å². The maximum Gasteiger partial charge on any atom is 0.142 e. The fourth-order valence-corrected chi connectivity index (χ4v) is 2.74. The van der Waals surface area contributed by atoms with E-state index in [-0.39, 0.29) is 0 Å². The zero-order chi connectivity index (χ0) is 12.4. The van der Waals surface area contributed by atoms with Crippen molar-refractivity contribution >= 4 is 11.3 Å². The minimum atomic E-state index is 0.657. The summed E-state index contributed by atoms with van der Waals surface area (Å²) < 4.78 is 0. The number of nitrogens with zero attached hydrogens (tertiary/aromatic N) is 3. The highest BCUT2D eigenvalue weighted by molar-refractivity contribution is 7.13. The summed E-state index contributed by atoms with van der Waals surface area (Å²) >= 11 is 1.67. The average molecular weight is 260 g/mol. The van der Waals surface area contributed by atoms with E-state index in [1.807, 2.05) is 24.4 Å². The molecule has 4 nitrogen and oxygen atoms in total. The van der Waals surface area contributed by atoms with Crippen LogP contribution in [0.4, 0.5) is 0 Å². The van der Waals surface area contributed by atoms with Crippen molar-refractivity contribution < 1.29 is 0 Å². The zero-order valence-electron chi connectivity index (χ0n) is 10.3. The molecule has 5 heteroatoms. The van der Waals surface area contributed by atoms with Crippen molar-refractivity contribution in [2.75, 3.05) is 20.1 Å². The van der Waals surface area contributed by atoms with Gasteiger partial charge >= 0.3 is 0 Å². The summed E-state index contributed by atoms with van der Waals surface area (Å²) in [6.45, 7) is 3.09. The average Bonchev–Trinajstić information content (AvgIpc) is 2.76. The van der Waals surface area contributed by atoms with Crippen molar-refractivity contribution in [3.05, 3.63) is 35.5 Å². The molecule has 0 spiro atoms. The number of hydrogen-bond acceptors (Lipinski definition) is 5. The first-order chi connectivity index (χ1) is 8.83. The predicted molar refractivity (Wildman–Crippen MR) is 73.5 cm³/mol. The third-order valence-electron chi connectivity index (χ3n) is 3.23. The van der Waals surface area contributed by atoms with Crippen molar-refractivity contribution in [3.63, 3.8) is 0 Å². The third kappa shape index (κ3) is 2.43. The molecule has 0 saturated carbocycles.